The van der Waals surface area contributed by atoms with Crippen LogP contribution < -0.4 is 10.9 Å². The molecule has 0 aliphatic rings. The van der Waals surface area contributed by atoms with Gasteiger partial charge in [-0.05, 0) is 49.7 Å². The van der Waals surface area contributed by atoms with Crippen LogP contribution in [0.4, 0.5) is 5.69 Å². The number of amides is 1. The summed E-state index contributed by atoms with van der Waals surface area (Å²) in [6.45, 7) is 3.14. The van der Waals surface area contributed by atoms with Gasteiger partial charge in [0.25, 0.3) is 5.56 Å². The number of carbonyl (C=O) groups excluding carboxylic acids is 2. The van der Waals surface area contributed by atoms with Crippen molar-refractivity contribution in [3.8, 4) is 10.4 Å². The molecule has 4 aromatic rings. The Kier molecular flexibility index (Phi) is 5.29. The third kappa shape index (κ3) is 3.79. The molecule has 2 aromatic carbocycles. The Balaban J connectivity index is 1.60. The molecule has 0 bridgehead atoms. The SMILES string of the molecule is CC(=O)c1ccc(NC(=O)C(C)n2cnc3sc(-c4ccccc4)cc3c2=O)cc1. The molecule has 150 valence electrons. The van der Waals surface area contributed by atoms with Crippen LogP contribution in [0.25, 0.3) is 20.7 Å². The van der Waals surface area contributed by atoms with E-state index >= 15 is 0 Å². The molecule has 0 saturated carbocycles. The third-order valence-electron chi connectivity index (χ3n) is 4.89. The summed E-state index contributed by atoms with van der Waals surface area (Å²) in [6.07, 6.45) is 1.42. The van der Waals surface area contributed by atoms with Crippen molar-refractivity contribution in [1.82, 2.24) is 9.55 Å². The van der Waals surface area contributed by atoms with Gasteiger partial charge in [0.2, 0.25) is 5.91 Å². The molecule has 1 amide bonds. The Morgan fingerprint density at radius 1 is 1.07 bits per heavy atom. The standard InChI is InChI=1S/C23H19N3O3S/c1-14(21(28)25-18-10-8-16(9-11-18)15(2)27)26-13-24-22-19(23(26)29)12-20(30-22)17-6-4-3-5-7-17/h3-14H,1-2H3,(H,25,28). The first kappa shape index (κ1) is 19.7. The van der Waals surface area contributed by atoms with Gasteiger partial charge in [0.05, 0.1) is 11.7 Å². The van der Waals surface area contributed by atoms with Gasteiger partial charge in [0.1, 0.15) is 10.9 Å². The summed E-state index contributed by atoms with van der Waals surface area (Å²) in [5.74, 6) is -0.384. The number of ketones is 1. The molecular formula is C23H19N3O3S. The molecule has 2 aromatic heterocycles. The van der Waals surface area contributed by atoms with Crippen molar-refractivity contribution in [3.63, 3.8) is 0 Å². The van der Waals surface area contributed by atoms with Gasteiger partial charge in [-0.3, -0.25) is 19.0 Å². The van der Waals surface area contributed by atoms with Gasteiger partial charge in [0, 0.05) is 16.1 Å². The van der Waals surface area contributed by atoms with Gasteiger partial charge in [-0.1, -0.05) is 30.3 Å². The first-order chi connectivity index (χ1) is 14.4. The first-order valence-corrected chi connectivity index (χ1v) is 10.2. The number of aromatic nitrogens is 2. The molecule has 2 heterocycles. The minimum absolute atomic E-state index is 0.0437. The van der Waals surface area contributed by atoms with E-state index in [0.29, 0.717) is 21.5 Å². The zero-order valence-electron chi connectivity index (χ0n) is 16.5. The van der Waals surface area contributed by atoms with Gasteiger partial charge in [-0.25, -0.2) is 4.98 Å². The molecule has 30 heavy (non-hydrogen) atoms. The van der Waals surface area contributed by atoms with E-state index in [1.165, 1.54) is 29.2 Å². The van der Waals surface area contributed by atoms with Gasteiger partial charge in [-0.15, -0.1) is 11.3 Å². The minimum atomic E-state index is -0.748. The quantitative estimate of drug-likeness (QED) is 0.484. The number of nitrogens with zero attached hydrogens (tertiary/aromatic N) is 2. The second-order valence-corrected chi connectivity index (χ2v) is 7.98. The van der Waals surface area contributed by atoms with E-state index in [1.54, 1.807) is 31.2 Å². The molecular weight excluding hydrogens is 398 g/mol. The Labute approximate surface area is 176 Å². The van der Waals surface area contributed by atoms with Crippen LogP contribution in [0.1, 0.15) is 30.2 Å². The zero-order valence-corrected chi connectivity index (χ0v) is 17.3. The predicted octanol–water partition coefficient (Wildman–Crippen LogP) is 4.53. The van der Waals surface area contributed by atoms with Crippen LogP contribution in [0.15, 0.2) is 71.8 Å². The number of carbonyl (C=O) groups is 2. The Morgan fingerprint density at radius 3 is 2.43 bits per heavy atom. The molecule has 7 heteroatoms. The van der Waals surface area contributed by atoms with Crippen molar-refractivity contribution in [2.45, 2.75) is 19.9 Å². The lowest BCUT2D eigenvalue weighted by atomic mass is 10.1. The highest BCUT2D eigenvalue weighted by Crippen LogP contribution is 2.30. The predicted molar refractivity (Wildman–Crippen MR) is 119 cm³/mol. The number of nitrogens with one attached hydrogen (secondary N) is 1. The summed E-state index contributed by atoms with van der Waals surface area (Å²) in [7, 11) is 0. The van der Waals surface area contributed by atoms with Crippen LogP contribution in [0.5, 0.6) is 0 Å². The van der Waals surface area contributed by atoms with E-state index < -0.39 is 6.04 Å². The van der Waals surface area contributed by atoms with Crippen molar-refractivity contribution < 1.29 is 9.59 Å². The van der Waals surface area contributed by atoms with Crippen LogP contribution in [-0.2, 0) is 4.79 Å². The van der Waals surface area contributed by atoms with E-state index in [0.717, 1.165) is 10.4 Å². The Hall–Kier alpha value is -3.58. The summed E-state index contributed by atoms with van der Waals surface area (Å²) >= 11 is 1.45. The molecule has 0 aliphatic heterocycles. The van der Waals surface area contributed by atoms with Crippen LogP contribution in [0.2, 0.25) is 0 Å². The highest BCUT2D eigenvalue weighted by atomic mass is 32.1. The van der Waals surface area contributed by atoms with Gasteiger partial charge in [0.15, 0.2) is 5.78 Å². The van der Waals surface area contributed by atoms with Crippen molar-refractivity contribution in [1.29, 1.82) is 0 Å². The zero-order chi connectivity index (χ0) is 21.3. The highest BCUT2D eigenvalue weighted by Gasteiger charge is 2.19. The van der Waals surface area contributed by atoms with E-state index in [4.69, 9.17) is 0 Å². The number of anilines is 1. The maximum atomic E-state index is 13.0. The average Bonchev–Trinajstić information content (AvgIpc) is 3.20. The normalized spacial score (nSPS) is 11.9. The van der Waals surface area contributed by atoms with E-state index in [9.17, 15) is 14.4 Å². The minimum Gasteiger partial charge on any atom is -0.324 e. The largest absolute Gasteiger partial charge is 0.324 e. The summed E-state index contributed by atoms with van der Waals surface area (Å²) in [6, 6.07) is 17.5. The molecule has 4 rings (SSSR count). The lowest BCUT2D eigenvalue weighted by Crippen LogP contribution is -2.31. The van der Waals surface area contributed by atoms with Crippen molar-refractivity contribution >= 4 is 38.9 Å². The monoisotopic (exact) mass is 417 g/mol. The Bertz CT molecular complexity index is 1290. The van der Waals surface area contributed by atoms with Crippen LogP contribution in [0.3, 0.4) is 0 Å². The fraction of sp³-hybridized carbons (Fsp3) is 0.130. The van der Waals surface area contributed by atoms with Crippen LogP contribution in [0, 0.1) is 0 Å². The fourth-order valence-electron chi connectivity index (χ4n) is 3.12. The average molecular weight is 417 g/mol. The smallest absolute Gasteiger partial charge is 0.262 e. The summed E-state index contributed by atoms with van der Waals surface area (Å²) in [4.78, 5) is 43.1. The molecule has 0 fully saturated rings. The Morgan fingerprint density at radius 2 is 1.77 bits per heavy atom. The molecule has 0 radical (unpaired) electrons. The number of rotatable bonds is 5. The van der Waals surface area contributed by atoms with Crippen LogP contribution in [-0.4, -0.2) is 21.2 Å². The number of hydrogen-bond acceptors (Lipinski definition) is 5. The highest BCUT2D eigenvalue weighted by molar-refractivity contribution is 7.21. The molecule has 6 nitrogen and oxygen atoms in total. The molecule has 0 aliphatic carbocycles. The number of fused-ring (bicyclic) bond motifs is 1. The molecule has 1 unspecified atom stereocenters. The summed E-state index contributed by atoms with van der Waals surface area (Å²) in [5.41, 5.74) is 1.89. The number of Topliss-reactive ketones (excluding diaryl/α,β-unsaturated/α-hetero) is 1. The van der Waals surface area contributed by atoms with Gasteiger partial charge < -0.3 is 5.32 Å². The second kappa shape index (κ2) is 8.04. The molecule has 1 atom stereocenters. The van der Waals surface area contributed by atoms with Crippen LogP contribution >= 0.6 is 11.3 Å². The lowest BCUT2D eigenvalue weighted by molar-refractivity contribution is -0.118. The van der Waals surface area contributed by atoms with Crippen molar-refractivity contribution in [2.75, 3.05) is 5.32 Å². The number of hydrogen-bond donors (Lipinski definition) is 1. The fourth-order valence-corrected chi connectivity index (χ4v) is 4.11. The third-order valence-corrected chi connectivity index (χ3v) is 5.98. The first-order valence-electron chi connectivity index (χ1n) is 9.42. The molecule has 1 N–H and O–H groups in total. The van der Waals surface area contributed by atoms with E-state index in [2.05, 4.69) is 10.3 Å². The molecule has 0 saturated heterocycles. The van der Waals surface area contributed by atoms with Crippen molar-refractivity contribution in [3.05, 3.63) is 82.9 Å². The molecule has 0 spiro atoms. The second-order valence-electron chi connectivity index (χ2n) is 6.95. The number of benzene rings is 2. The summed E-state index contributed by atoms with van der Waals surface area (Å²) < 4.78 is 1.34. The maximum Gasteiger partial charge on any atom is 0.262 e. The van der Waals surface area contributed by atoms with Crippen molar-refractivity contribution in [2.24, 2.45) is 0 Å². The van der Waals surface area contributed by atoms with Gasteiger partial charge in [-0.2, -0.15) is 0 Å². The topological polar surface area (TPSA) is 81.1 Å². The summed E-state index contributed by atoms with van der Waals surface area (Å²) in [5, 5.41) is 3.27. The lowest BCUT2D eigenvalue weighted by Gasteiger charge is -2.15. The number of thiophene rings is 1. The van der Waals surface area contributed by atoms with E-state index in [1.807, 2.05) is 36.4 Å². The maximum absolute atomic E-state index is 13.0. The van der Waals surface area contributed by atoms with E-state index in [-0.39, 0.29) is 17.2 Å². The van der Waals surface area contributed by atoms with Gasteiger partial charge >= 0.3 is 0 Å².